The number of fused-ring (bicyclic) bond motifs is 1. The van der Waals surface area contributed by atoms with E-state index in [2.05, 4.69) is 12.2 Å². The first-order chi connectivity index (χ1) is 5.72. The van der Waals surface area contributed by atoms with Gasteiger partial charge >= 0.3 is 0 Å². The zero-order valence-electron chi connectivity index (χ0n) is 7.54. The summed E-state index contributed by atoms with van der Waals surface area (Å²) in [7, 11) is 1.65. The van der Waals surface area contributed by atoms with Crippen LogP contribution in [0.3, 0.4) is 0 Å². The Morgan fingerprint density at radius 3 is 3.00 bits per heavy atom. The lowest BCUT2D eigenvalue weighted by atomic mass is 9.57. The molecule has 0 aromatic carbocycles. The van der Waals surface area contributed by atoms with Gasteiger partial charge in [-0.05, 0) is 12.8 Å². The van der Waals surface area contributed by atoms with Gasteiger partial charge in [0.15, 0.2) is 5.78 Å². The molecule has 0 radical (unpaired) electrons. The maximum absolute atomic E-state index is 11.6. The first-order valence-electron chi connectivity index (χ1n) is 4.48. The highest BCUT2D eigenvalue weighted by Crippen LogP contribution is 2.48. The van der Waals surface area contributed by atoms with Crippen molar-refractivity contribution in [2.45, 2.75) is 25.4 Å². The SMILES string of the molecule is CO[C@@]12CCC=C[C@@H]1C(C)C2=O. The van der Waals surface area contributed by atoms with Crippen molar-refractivity contribution in [3.63, 3.8) is 0 Å². The molecule has 2 nitrogen and oxygen atoms in total. The Morgan fingerprint density at radius 2 is 2.42 bits per heavy atom. The average Bonchev–Trinajstić information content (AvgIpc) is 2.15. The smallest absolute Gasteiger partial charge is 0.168 e. The lowest BCUT2D eigenvalue weighted by Crippen LogP contribution is -2.63. The third-order valence-electron chi connectivity index (χ3n) is 3.30. The van der Waals surface area contributed by atoms with E-state index in [1.54, 1.807) is 7.11 Å². The highest BCUT2D eigenvalue weighted by Gasteiger charge is 2.59. The third-order valence-corrected chi connectivity index (χ3v) is 3.30. The van der Waals surface area contributed by atoms with Gasteiger partial charge in [-0.1, -0.05) is 19.1 Å². The molecule has 2 heteroatoms. The van der Waals surface area contributed by atoms with Crippen molar-refractivity contribution in [2.24, 2.45) is 11.8 Å². The van der Waals surface area contributed by atoms with Crippen LogP contribution in [0.5, 0.6) is 0 Å². The Morgan fingerprint density at radius 1 is 1.67 bits per heavy atom. The van der Waals surface area contributed by atoms with Crippen LogP contribution in [0.2, 0.25) is 0 Å². The van der Waals surface area contributed by atoms with Gasteiger partial charge in [0.2, 0.25) is 0 Å². The van der Waals surface area contributed by atoms with E-state index in [-0.39, 0.29) is 5.92 Å². The van der Waals surface area contributed by atoms with Crippen molar-refractivity contribution in [3.8, 4) is 0 Å². The monoisotopic (exact) mass is 166 g/mol. The zero-order valence-corrected chi connectivity index (χ0v) is 7.54. The van der Waals surface area contributed by atoms with E-state index in [9.17, 15) is 4.79 Å². The van der Waals surface area contributed by atoms with Gasteiger partial charge in [-0.15, -0.1) is 0 Å². The molecule has 1 unspecified atom stereocenters. The molecule has 2 rings (SSSR count). The molecule has 0 heterocycles. The van der Waals surface area contributed by atoms with E-state index >= 15 is 0 Å². The first kappa shape index (κ1) is 7.99. The van der Waals surface area contributed by atoms with Crippen molar-refractivity contribution >= 4 is 5.78 Å². The second-order valence-corrected chi connectivity index (χ2v) is 3.74. The van der Waals surface area contributed by atoms with Gasteiger partial charge in [-0.2, -0.15) is 0 Å². The molecule has 3 atom stereocenters. The van der Waals surface area contributed by atoms with Gasteiger partial charge in [-0.3, -0.25) is 4.79 Å². The molecule has 0 spiro atoms. The number of Topliss-reactive ketones (excluding diaryl/α,β-unsaturated/α-hetero) is 1. The Labute approximate surface area is 72.6 Å². The van der Waals surface area contributed by atoms with Gasteiger partial charge in [0.1, 0.15) is 5.60 Å². The first-order valence-corrected chi connectivity index (χ1v) is 4.48. The van der Waals surface area contributed by atoms with Crippen molar-refractivity contribution in [1.29, 1.82) is 0 Å². The molecule has 66 valence electrons. The number of carbonyl (C=O) groups excluding carboxylic acids is 1. The van der Waals surface area contributed by atoms with E-state index in [1.807, 2.05) is 6.92 Å². The molecular weight excluding hydrogens is 152 g/mol. The van der Waals surface area contributed by atoms with Crippen molar-refractivity contribution in [1.82, 2.24) is 0 Å². The summed E-state index contributed by atoms with van der Waals surface area (Å²) in [5.41, 5.74) is -0.436. The van der Waals surface area contributed by atoms with Crippen molar-refractivity contribution in [2.75, 3.05) is 7.11 Å². The molecule has 0 aliphatic heterocycles. The number of methoxy groups -OCH3 is 1. The fourth-order valence-corrected chi connectivity index (χ4v) is 2.51. The number of hydrogen-bond acceptors (Lipinski definition) is 2. The number of hydrogen-bond donors (Lipinski definition) is 0. The maximum atomic E-state index is 11.6. The zero-order chi connectivity index (χ0) is 8.77. The molecule has 0 saturated heterocycles. The molecule has 12 heavy (non-hydrogen) atoms. The van der Waals surface area contributed by atoms with Crippen LogP contribution in [0.25, 0.3) is 0 Å². The largest absolute Gasteiger partial charge is 0.370 e. The Bertz CT molecular complexity index is 244. The quantitative estimate of drug-likeness (QED) is 0.552. The second kappa shape index (κ2) is 2.43. The molecule has 2 aliphatic rings. The number of allylic oxidation sites excluding steroid dienone is 1. The summed E-state index contributed by atoms with van der Waals surface area (Å²) < 4.78 is 5.36. The Balaban J connectivity index is 2.30. The van der Waals surface area contributed by atoms with Crippen LogP contribution in [-0.4, -0.2) is 18.5 Å². The molecule has 0 aromatic rings. The van der Waals surface area contributed by atoms with E-state index in [0.29, 0.717) is 11.7 Å². The predicted octanol–water partition coefficient (Wildman–Crippen LogP) is 1.56. The van der Waals surface area contributed by atoms with Crippen LogP contribution in [0.1, 0.15) is 19.8 Å². The molecule has 1 fully saturated rings. The number of carbonyl (C=O) groups is 1. The summed E-state index contributed by atoms with van der Waals surface area (Å²) in [5.74, 6) is 0.796. The third kappa shape index (κ3) is 0.712. The molecule has 2 aliphatic carbocycles. The van der Waals surface area contributed by atoms with Crippen LogP contribution in [0, 0.1) is 11.8 Å². The van der Waals surface area contributed by atoms with Gasteiger partial charge in [0.25, 0.3) is 0 Å². The lowest BCUT2D eigenvalue weighted by molar-refractivity contribution is -0.178. The molecular formula is C10H14O2. The Hall–Kier alpha value is -0.630. The average molecular weight is 166 g/mol. The van der Waals surface area contributed by atoms with E-state index < -0.39 is 5.60 Å². The normalized spacial score (nSPS) is 45.3. The van der Waals surface area contributed by atoms with Crippen LogP contribution in [0.4, 0.5) is 0 Å². The number of ketones is 1. The lowest BCUT2D eigenvalue weighted by Gasteiger charge is -2.51. The van der Waals surface area contributed by atoms with E-state index in [1.165, 1.54) is 0 Å². The molecule has 0 amide bonds. The van der Waals surface area contributed by atoms with Crippen LogP contribution in [-0.2, 0) is 9.53 Å². The Kier molecular flexibility index (Phi) is 1.62. The topological polar surface area (TPSA) is 26.3 Å². The standard InChI is InChI=1S/C10H14O2/c1-7-8-5-3-4-6-10(8,12-2)9(7)11/h3,5,7-8H,4,6H2,1-2H3/t7?,8-,10+/m1/s1. The van der Waals surface area contributed by atoms with Crippen LogP contribution >= 0.6 is 0 Å². The second-order valence-electron chi connectivity index (χ2n) is 3.74. The summed E-state index contributed by atoms with van der Waals surface area (Å²) in [6.45, 7) is 1.99. The molecule has 0 bridgehead atoms. The summed E-state index contributed by atoms with van der Waals surface area (Å²) >= 11 is 0. The summed E-state index contributed by atoms with van der Waals surface area (Å²) in [4.78, 5) is 11.6. The highest BCUT2D eigenvalue weighted by molar-refractivity contribution is 5.97. The van der Waals surface area contributed by atoms with Crippen molar-refractivity contribution in [3.05, 3.63) is 12.2 Å². The van der Waals surface area contributed by atoms with E-state index in [4.69, 9.17) is 4.74 Å². The van der Waals surface area contributed by atoms with E-state index in [0.717, 1.165) is 12.8 Å². The van der Waals surface area contributed by atoms with Crippen LogP contribution < -0.4 is 0 Å². The molecule has 1 saturated carbocycles. The summed E-state index contributed by atoms with van der Waals surface area (Å²) in [6.07, 6.45) is 6.14. The van der Waals surface area contributed by atoms with Gasteiger partial charge in [0, 0.05) is 18.9 Å². The summed E-state index contributed by atoms with van der Waals surface area (Å²) in [5, 5.41) is 0. The van der Waals surface area contributed by atoms with Crippen molar-refractivity contribution < 1.29 is 9.53 Å². The number of rotatable bonds is 1. The fourth-order valence-electron chi connectivity index (χ4n) is 2.51. The highest BCUT2D eigenvalue weighted by atomic mass is 16.5. The molecule has 0 N–H and O–H groups in total. The number of ether oxygens (including phenoxy) is 1. The van der Waals surface area contributed by atoms with Gasteiger partial charge in [0.05, 0.1) is 0 Å². The minimum Gasteiger partial charge on any atom is -0.370 e. The predicted molar refractivity (Wildman–Crippen MR) is 45.8 cm³/mol. The maximum Gasteiger partial charge on any atom is 0.168 e. The van der Waals surface area contributed by atoms with Gasteiger partial charge in [-0.25, -0.2) is 0 Å². The van der Waals surface area contributed by atoms with Gasteiger partial charge < -0.3 is 4.74 Å². The minimum atomic E-state index is -0.436. The summed E-state index contributed by atoms with van der Waals surface area (Å²) in [6, 6.07) is 0. The van der Waals surface area contributed by atoms with Crippen LogP contribution in [0.15, 0.2) is 12.2 Å². The fraction of sp³-hybridized carbons (Fsp3) is 0.700. The minimum absolute atomic E-state index is 0.168. The molecule has 0 aromatic heterocycles.